The highest BCUT2D eigenvalue weighted by molar-refractivity contribution is 6.30. The van der Waals surface area contributed by atoms with E-state index in [1.54, 1.807) is 6.07 Å². The van der Waals surface area contributed by atoms with Crippen LogP contribution in [0, 0.1) is 16.0 Å². The van der Waals surface area contributed by atoms with Crippen LogP contribution in [0.5, 0.6) is 0 Å². The lowest BCUT2D eigenvalue weighted by Crippen LogP contribution is -2.12. The summed E-state index contributed by atoms with van der Waals surface area (Å²) < 4.78 is 0. The minimum absolute atomic E-state index is 0.0794. The molecule has 0 N–H and O–H groups in total. The topological polar surface area (TPSA) is 43.1 Å². The molecule has 0 bridgehead atoms. The van der Waals surface area contributed by atoms with Crippen molar-refractivity contribution in [2.75, 3.05) is 0 Å². The van der Waals surface area contributed by atoms with Crippen LogP contribution in [-0.4, -0.2) is 10.3 Å². The Labute approximate surface area is 105 Å². The maximum Gasteiger partial charge on any atom is 0.272 e. The molecule has 0 amide bonds. The van der Waals surface area contributed by atoms with Gasteiger partial charge in [0.15, 0.2) is 0 Å². The highest BCUT2D eigenvalue weighted by Crippen LogP contribution is 2.26. The van der Waals surface area contributed by atoms with Crippen molar-refractivity contribution in [1.29, 1.82) is 0 Å². The Morgan fingerprint density at radius 2 is 2.06 bits per heavy atom. The van der Waals surface area contributed by atoms with Crippen molar-refractivity contribution in [2.24, 2.45) is 5.92 Å². The van der Waals surface area contributed by atoms with Crippen molar-refractivity contribution in [1.82, 2.24) is 0 Å². The predicted octanol–water partition coefficient (Wildman–Crippen LogP) is 4.05. The zero-order valence-electron chi connectivity index (χ0n) is 9.11. The van der Waals surface area contributed by atoms with E-state index in [2.05, 4.69) is 0 Å². The van der Waals surface area contributed by atoms with Crippen LogP contribution >= 0.6 is 23.2 Å². The molecule has 0 saturated carbocycles. The third kappa shape index (κ3) is 3.35. The number of nitro benzene ring substituents is 1. The summed E-state index contributed by atoms with van der Waals surface area (Å²) in [5.41, 5.74) is 0.668. The lowest BCUT2D eigenvalue weighted by atomic mass is 10.0. The van der Waals surface area contributed by atoms with Crippen LogP contribution in [0.4, 0.5) is 5.69 Å². The second-order valence-electron chi connectivity index (χ2n) is 3.99. The molecule has 1 unspecified atom stereocenters. The zero-order chi connectivity index (χ0) is 12.3. The first-order chi connectivity index (χ1) is 7.41. The van der Waals surface area contributed by atoms with Crippen LogP contribution in [0.25, 0.3) is 0 Å². The summed E-state index contributed by atoms with van der Waals surface area (Å²) >= 11 is 11.9. The van der Waals surface area contributed by atoms with E-state index >= 15 is 0 Å². The zero-order valence-corrected chi connectivity index (χ0v) is 10.6. The van der Waals surface area contributed by atoms with Gasteiger partial charge in [-0.15, -0.1) is 11.6 Å². The van der Waals surface area contributed by atoms with Crippen molar-refractivity contribution < 1.29 is 4.92 Å². The van der Waals surface area contributed by atoms with Crippen LogP contribution < -0.4 is 0 Å². The number of hydrogen-bond donors (Lipinski definition) is 0. The van der Waals surface area contributed by atoms with Crippen LogP contribution in [0.3, 0.4) is 0 Å². The number of nitrogens with zero attached hydrogens (tertiary/aromatic N) is 1. The maximum absolute atomic E-state index is 10.8. The Hall–Kier alpha value is -0.800. The number of halogens is 2. The first-order valence-corrected chi connectivity index (χ1v) is 5.80. The van der Waals surface area contributed by atoms with Gasteiger partial charge in [0.25, 0.3) is 5.69 Å². The minimum Gasteiger partial charge on any atom is -0.258 e. The summed E-state index contributed by atoms with van der Waals surface area (Å²) in [6.07, 6.45) is 0.454. The molecular weight excluding hydrogens is 249 g/mol. The fourth-order valence-corrected chi connectivity index (χ4v) is 1.70. The molecule has 0 aliphatic rings. The predicted molar refractivity (Wildman–Crippen MR) is 66.3 cm³/mol. The highest BCUT2D eigenvalue weighted by Gasteiger charge is 2.18. The van der Waals surface area contributed by atoms with Gasteiger partial charge in [0, 0.05) is 22.0 Å². The Morgan fingerprint density at radius 1 is 1.44 bits per heavy atom. The molecule has 1 aromatic carbocycles. The van der Waals surface area contributed by atoms with Crippen LogP contribution in [0.15, 0.2) is 18.2 Å². The SMILES string of the molecule is CC(C)C(Cl)Cc1cc(Cl)ccc1[N+](=O)[O-]. The van der Waals surface area contributed by atoms with Gasteiger partial charge in [-0.1, -0.05) is 25.4 Å². The van der Waals surface area contributed by atoms with Crippen LogP contribution in [0.1, 0.15) is 19.4 Å². The highest BCUT2D eigenvalue weighted by atomic mass is 35.5. The minimum atomic E-state index is -0.407. The number of nitro groups is 1. The second-order valence-corrected chi connectivity index (χ2v) is 4.99. The molecule has 88 valence electrons. The largest absolute Gasteiger partial charge is 0.272 e. The fourth-order valence-electron chi connectivity index (χ4n) is 1.34. The molecule has 0 aliphatic heterocycles. The van der Waals surface area contributed by atoms with E-state index in [9.17, 15) is 10.1 Å². The Kier molecular flexibility index (Phi) is 4.56. The van der Waals surface area contributed by atoms with Crippen molar-refractivity contribution in [3.8, 4) is 0 Å². The van der Waals surface area contributed by atoms with E-state index < -0.39 is 4.92 Å². The van der Waals surface area contributed by atoms with Gasteiger partial charge in [-0.3, -0.25) is 10.1 Å². The molecule has 0 fully saturated rings. The molecule has 1 aromatic rings. The Morgan fingerprint density at radius 3 is 2.56 bits per heavy atom. The summed E-state index contributed by atoms with van der Waals surface area (Å²) in [6.45, 7) is 3.96. The van der Waals surface area contributed by atoms with Crippen molar-refractivity contribution in [3.05, 3.63) is 38.9 Å². The Balaban J connectivity index is 3.01. The molecule has 3 nitrogen and oxygen atoms in total. The van der Waals surface area contributed by atoms with Crippen LogP contribution in [-0.2, 0) is 6.42 Å². The first kappa shape index (κ1) is 13.3. The number of alkyl halides is 1. The molecular formula is C11H13Cl2NO2. The molecule has 0 radical (unpaired) electrons. The normalized spacial score (nSPS) is 12.8. The van der Waals surface area contributed by atoms with Crippen molar-refractivity contribution >= 4 is 28.9 Å². The van der Waals surface area contributed by atoms with Gasteiger partial charge < -0.3 is 0 Å². The van der Waals surface area contributed by atoms with E-state index in [0.29, 0.717) is 17.0 Å². The molecule has 0 heterocycles. The molecule has 1 rings (SSSR count). The van der Waals surface area contributed by atoms with Gasteiger partial charge in [0.1, 0.15) is 0 Å². The third-order valence-electron chi connectivity index (χ3n) is 2.38. The lowest BCUT2D eigenvalue weighted by Gasteiger charge is -2.13. The number of hydrogen-bond acceptors (Lipinski definition) is 2. The lowest BCUT2D eigenvalue weighted by molar-refractivity contribution is -0.385. The molecule has 1 atom stereocenters. The number of benzene rings is 1. The molecule has 0 saturated heterocycles. The second kappa shape index (κ2) is 5.51. The summed E-state index contributed by atoms with van der Waals surface area (Å²) in [7, 11) is 0. The quantitative estimate of drug-likeness (QED) is 0.466. The Bertz CT molecular complexity index is 394. The fraction of sp³-hybridized carbons (Fsp3) is 0.455. The summed E-state index contributed by atoms with van der Waals surface area (Å²) in [5, 5.41) is 11.2. The van der Waals surface area contributed by atoms with E-state index in [4.69, 9.17) is 23.2 Å². The van der Waals surface area contributed by atoms with E-state index in [0.717, 1.165) is 0 Å². The summed E-state index contributed by atoms with van der Waals surface area (Å²) in [6, 6.07) is 4.54. The van der Waals surface area contributed by atoms with Gasteiger partial charge in [-0.05, 0) is 24.5 Å². The van der Waals surface area contributed by atoms with E-state index in [1.165, 1.54) is 12.1 Å². The maximum atomic E-state index is 10.8. The van der Waals surface area contributed by atoms with Crippen LogP contribution in [0.2, 0.25) is 5.02 Å². The van der Waals surface area contributed by atoms with Gasteiger partial charge >= 0.3 is 0 Å². The van der Waals surface area contributed by atoms with Gasteiger partial charge in [-0.2, -0.15) is 0 Å². The first-order valence-electron chi connectivity index (χ1n) is 4.98. The summed E-state index contributed by atoms with van der Waals surface area (Å²) in [5.74, 6) is 0.264. The molecule has 0 aromatic heterocycles. The monoisotopic (exact) mass is 261 g/mol. The van der Waals surface area contributed by atoms with Gasteiger partial charge in [-0.25, -0.2) is 0 Å². The molecule has 0 aliphatic carbocycles. The van der Waals surface area contributed by atoms with Gasteiger partial charge in [0.05, 0.1) is 4.92 Å². The third-order valence-corrected chi connectivity index (χ3v) is 3.27. The summed E-state index contributed by atoms with van der Waals surface area (Å²) in [4.78, 5) is 10.4. The average Bonchev–Trinajstić information content (AvgIpc) is 2.16. The van der Waals surface area contributed by atoms with E-state index in [1.807, 2.05) is 13.8 Å². The van der Waals surface area contributed by atoms with Crippen molar-refractivity contribution in [3.63, 3.8) is 0 Å². The van der Waals surface area contributed by atoms with Crippen molar-refractivity contribution in [2.45, 2.75) is 25.6 Å². The van der Waals surface area contributed by atoms with E-state index in [-0.39, 0.29) is 17.0 Å². The molecule has 16 heavy (non-hydrogen) atoms. The smallest absolute Gasteiger partial charge is 0.258 e. The average molecular weight is 262 g/mol. The molecule has 0 spiro atoms. The standard InChI is InChI=1S/C11H13Cl2NO2/c1-7(2)10(13)6-8-5-9(12)3-4-11(8)14(15)16/h3-5,7,10H,6H2,1-2H3. The molecule has 5 heteroatoms. The van der Waals surface area contributed by atoms with Gasteiger partial charge in [0.2, 0.25) is 0 Å². The number of rotatable bonds is 4.